The minimum Gasteiger partial charge on any atom is -0.389 e. The first-order valence-electron chi connectivity index (χ1n) is 3.25. The monoisotopic (exact) mass is 241 g/mol. The van der Waals surface area contributed by atoms with Crippen LogP contribution in [0, 0.1) is 0 Å². The Morgan fingerprint density at radius 1 is 1.78 bits per heavy atom. The molecule has 1 fully saturated rings. The first-order valence-corrected chi connectivity index (χ1v) is 4.33. The van der Waals surface area contributed by atoms with Crippen LogP contribution in [-0.4, -0.2) is 16.7 Å². The Kier molecular flexibility index (Phi) is 2.34. The van der Waals surface area contributed by atoms with Crippen LogP contribution in [-0.2, 0) is 0 Å². The third kappa shape index (κ3) is 1.56. The minimum absolute atomic E-state index is 0.304. The van der Waals surface area contributed by atoms with Crippen LogP contribution in [0.4, 0.5) is 0 Å². The van der Waals surface area contributed by atoms with Gasteiger partial charge in [0.2, 0.25) is 0 Å². The molecule has 1 aliphatic carbocycles. The molecule has 54 valence electrons. The molecule has 0 aliphatic heterocycles. The summed E-state index contributed by atoms with van der Waals surface area (Å²) >= 11 is 2.10. The maximum atomic E-state index is 9.59. The fourth-order valence-electron chi connectivity index (χ4n) is 1.32. The Bertz CT molecular complexity index is 105. The van der Waals surface area contributed by atoms with Gasteiger partial charge < -0.3 is 5.11 Å². The van der Waals surface area contributed by atoms with Gasteiger partial charge in [-0.05, 0) is 26.2 Å². The minimum atomic E-state index is -0.457. The predicted molar refractivity (Wildman–Crippen MR) is 45.4 cm³/mol. The van der Waals surface area contributed by atoms with Crippen molar-refractivity contribution in [3.05, 3.63) is 0 Å². The molecule has 1 aliphatic rings. The van der Waals surface area contributed by atoms with Crippen LogP contribution in [0.5, 0.6) is 0 Å². The highest BCUT2D eigenvalue weighted by Gasteiger charge is 2.35. The zero-order chi connectivity index (χ0) is 6.91. The summed E-state index contributed by atoms with van der Waals surface area (Å²) in [6.45, 7) is 1.90. The molecule has 0 radical (unpaired) electrons. The van der Waals surface area contributed by atoms with Gasteiger partial charge in [0.15, 0.2) is 0 Å². The van der Waals surface area contributed by atoms with Crippen LogP contribution >= 0.6 is 22.9 Å². The van der Waals surface area contributed by atoms with E-state index in [1.165, 1.54) is 0 Å². The molecular formula is C6H12INO. The third-order valence-corrected chi connectivity index (χ3v) is 2.81. The lowest BCUT2D eigenvalue weighted by atomic mass is 10.0. The normalized spacial score (nSPS) is 43.7. The molecule has 0 aromatic heterocycles. The van der Waals surface area contributed by atoms with Crippen molar-refractivity contribution >= 4 is 22.9 Å². The van der Waals surface area contributed by atoms with Gasteiger partial charge >= 0.3 is 0 Å². The first-order chi connectivity index (χ1) is 4.17. The Morgan fingerprint density at radius 2 is 2.44 bits per heavy atom. The lowest BCUT2D eigenvalue weighted by Crippen LogP contribution is -2.40. The summed E-state index contributed by atoms with van der Waals surface area (Å²) in [6, 6.07) is 0.304. The zero-order valence-electron chi connectivity index (χ0n) is 5.52. The average molecular weight is 241 g/mol. The summed E-state index contributed by atoms with van der Waals surface area (Å²) in [5, 5.41) is 9.59. The Hall–Kier alpha value is 0.650. The van der Waals surface area contributed by atoms with Crippen molar-refractivity contribution in [2.24, 2.45) is 0 Å². The Morgan fingerprint density at radius 3 is 2.67 bits per heavy atom. The summed E-state index contributed by atoms with van der Waals surface area (Å²) in [7, 11) is 0. The van der Waals surface area contributed by atoms with E-state index in [9.17, 15) is 5.11 Å². The lowest BCUT2D eigenvalue weighted by Gasteiger charge is -2.23. The second-order valence-electron chi connectivity index (χ2n) is 2.91. The second-order valence-corrected chi connectivity index (χ2v) is 3.53. The number of aliphatic hydroxyl groups is 1. The molecule has 2 atom stereocenters. The van der Waals surface area contributed by atoms with Crippen LogP contribution in [0.2, 0.25) is 0 Å². The van der Waals surface area contributed by atoms with E-state index in [-0.39, 0.29) is 0 Å². The van der Waals surface area contributed by atoms with E-state index in [1.807, 2.05) is 6.92 Å². The van der Waals surface area contributed by atoms with Crippen LogP contribution in [0.1, 0.15) is 26.2 Å². The summed E-state index contributed by atoms with van der Waals surface area (Å²) in [6.07, 6.45) is 3.19. The van der Waals surface area contributed by atoms with E-state index in [0.717, 1.165) is 19.3 Å². The largest absolute Gasteiger partial charge is 0.389 e. The van der Waals surface area contributed by atoms with Gasteiger partial charge in [0.05, 0.1) is 5.60 Å². The van der Waals surface area contributed by atoms with Crippen molar-refractivity contribution < 1.29 is 5.11 Å². The van der Waals surface area contributed by atoms with E-state index >= 15 is 0 Å². The highest BCUT2D eigenvalue weighted by atomic mass is 127. The van der Waals surface area contributed by atoms with Gasteiger partial charge in [0.25, 0.3) is 0 Å². The molecule has 0 heterocycles. The highest BCUT2D eigenvalue weighted by Crippen LogP contribution is 2.29. The van der Waals surface area contributed by atoms with Crippen molar-refractivity contribution in [3.8, 4) is 0 Å². The van der Waals surface area contributed by atoms with Crippen molar-refractivity contribution in [1.82, 2.24) is 3.53 Å². The summed E-state index contributed by atoms with van der Waals surface area (Å²) in [5.74, 6) is 0. The highest BCUT2D eigenvalue weighted by molar-refractivity contribution is 14.1. The SMILES string of the molecule is CC1(O)CCCC1NI. The van der Waals surface area contributed by atoms with Gasteiger partial charge in [-0.3, -0.25) is 3.53 Å². The van der Waals surface area contributed by atoms with Crippen LogP contribution < -0.4 is 3.53 Å². The van der Waals surface area contributed by atoms with Crippen molar-refractivity contribution in [2.75, 3.05) is 0 Å². The number of hydrogen-bond donors (Lipinski definition) is 2. The van der Waals surface area contributed by atoms with Crippen molar-refractivity contribution in [3.63, 3.8) is 0 Å². The van der Waals surface area contributed by atoms with Crippen molar-refractivity contribution in [1.29, 1.82) is 0 Å². The standard InChI is InChI=1S/C6H12INO/c1-6(9)4-2-3-5(6)8-7/h5,8-9H,2-4H2,1H3. The van der Waals surface area contributed by atoms with E-state index in [2.05, 4.69) is 26.4 Å². The number of hydrogen-bond acceptors (Lipinski definition) is 2. The fourth-order valence-corrected chi connectivity index (χ4v) is 2.30. The molecule has 9 heavy (non-hydrogen) atoms. The van der Waals surface area contributed by atoms with Crippen LogP contribution in [0.3, 0.4) is 0 Å². The second kappa shape index (κ2) is 2.72. The fraction of sp³-hybridized carbons (Fsp3) is 1.00. The maximum Gasteiger partial charge on any atom is 0.0779 e. The van der Waals surface area contributed by atoms with E-state index in [1.54, 1.807) is 0 Å². The molecule has 0 amide bonds. The molecule has 0 bridgehead atoms. The number of halogens is 1. The van der Waals surface area contributed by atoms with Crippen LogP contribution in [0.25, 0.3) is 0 Å². The molecule has 2 N–H and O–H groups in total. The van der Waals surface area contributed by atoms with Gasteiger partial charge in [-0.25, -0.2) is 0 Å². The molecule has 2 unspecified atom stereocenters. The first kappa shape index (κ1) is 7.75. The van der Waals surface area contributed by atoms with E-state index in [4.69, 9.17) is 0 Å². The van der Waals surface area contributed by atoms with E-state index in [0.29, 0.717) is 6.04 Å². The third-order valence-electron chi connectivity index (χ3n) is 2.06. The van der Waals surface area contributed by atoms with Crippen molar-refractivity contribution in [2.45, 2.75) is 37.8 Å². The molecule has 1 saturated carbocycles. The van der Waals surface area contributed by atoms with Gasteiger partial charge in [-0.2, -0.15) is 0 Å². The lowest BCUT2D eigenvalue weighted by molar-refractivity contribution is 0.0489. The van der Waals surface area contributed by atoms with Gasteiger partial charge in [0.1, 0.15) is 0 Å². The molecule has 0 aromatic carbocycles. The number of rotatable bonds is 1. The summed E-state index contributed by atoms with van der Waals surface area (Å²) in [4.78, 5) is 0. The van der Waals surface area contributed by atoms with Gasteiger partial charge in [-0.15, -0.1) is 0 Å². The molecule has 3 heteroatoms. The van der Waals surface area contributed by atoms with Gasteiger partial charge in [0, 0.05) is 28.9 Å². The Labute approximate surface area is 69.5 Å². The molecular weight excluding hydrogens is 229 g/mol. The topological polar surface area (TPSA) is 32.3 Å². The molecule has 0 spiro atoms. The van der Waals surface area contributed by atoms with E-state index < -0.39 is 5.60 Å². The molecule has 0 saturated heterocycles. The smallest absolute Gasteiger partial charge is 0.0779 e. The summed E-state index contributed by atoms with van der Waals surface area (Å²) < 4.78 is 3.07. The Balaban J connectivity index is 2.52. The maximum absolute atomic E-state index is 9.59. The molecule has 1 rings (SSSR count). The quantitative estimate of drug-likeness (QED) is 0.534. The number of nitrogens with one attached hydrogen (secondary N) is 1. The summed E-state index contributed by atoms with van der Waals surface area (Å²) in [5.41, 5.74) is -0.457. The van der Waals surface area contributed by atoms with Gasteiger partial charge in [-0.1, -0.05) is 0 Å². The molecule has 2 nitrogen and oxygen atoms in total. The average Bonchev–Trinajstić information content (AvgIpc) is 2.08. The zero-order valence-corrected chi connectivity index (χ0v) is 7.68. The molecule has 0 aromatic rings. The van der Waals surface area contributed by atoms with Crippen LogP contribution in [0.15, 0.2) is 0 Å². The predicted octanol–water partition coefficient (Wildman–Crippen LogP) is 1.23.